The first-order valence-corrected chi connectivity index (χ1v) is 9.49. The van der Waals surface area contributed by atoms with E-state index < -0.39 is 0 Å². The molecule has 2 aliphatic rings. The Kier molecular flexibility index (Phi) is 9.94. The fourth-order valence-electron chi connectivity index (χ4n) is 4.07. The zero-order chi connectivity index (χ0) is 16.8. The molecule has 0 aliphatic carbocycles. The van der Waals surface area contributed by atoms with E-state index in [4.69, 9.17) is 0 Å². The Hall–Kier alpha value is -0.810. The molecule has 0 radical (unpaired) electrons. The average Bonchev–Trinajstić information content (AvgIpc) is 3.03. The number of nitrogens with one attached hydrogen (secondary N) is 2. The lowest BCUT2D eigenvalue weighted by molar-refractivity contribution is -0.134. The van der Waals surface area contributed by atoms with Crippen molar-refractivity contribution in [2.24, 2.45) is 5.41 Å². The largest absolute Gasteiger partial charge is 0.337 e. The molecule has 1 aromatic rings. The minimum atomic E-state index is 0. The number of rotatable bonds is 6. The van der Waals surface area contributed by atoms with Gasteiger partial charge in [-0.05, 0) is 49.8 Å². The zero-order valence-corrected chi connectivity index (χ0v) is 17.3. The summed E-state index contributed by atoms with van der Waals surface area (Å²) in [7, 11) is 0. The second-order valence-electron chi connectivity index (χ2n) is 7.49. The number of unbranched alkanes of at least 4 members (excludes halogenated alkanes) is 1. The van der Waals surface area contributed by atoms with Crippen LogP contribution in [0.4, 0.5) is 0 Å². The van der Waals surface area contributed by atoms with Gasteiger partial charge in [0.05, 0.1) is 6.04 Å². The van der Waals surface area contributed by atoms with Crippen LogP contribution in [-0.4, -0.2) is 43.0 Å². The summed E-state index contributed by atoms with van der Waals surface area (Å²) < 4.78 is 0. The van der Waals surface area contributed by atoms with E-state index in [-0.39, 0.29) is 30.9 Å². The van der Waals surface area contributed by atoms with Gasteiger partial charge >= 0.3 is 0 Å². The predicted octanol–water partition coefficient (Wildman–Crippen LogP) is 3.39. The topological polar surface area (TPSA) is 44.4 Å². The Morgan fingerprint density at radius 2 is 1.88 bits per heavy atom. The Morgan fingerprint density at radius 3 is 2.54 bits per heavy atom. The van der Waals surface area contributed by atoms with Gasteiger partial charge in [0.2, 0.25) is 5.91 Å². The molecule has 0 aromatic heterocycles. The third kappa shape index (κ3) is 5.85. The molecule has 1 unspecified atom stereocenters. The molecule has 1 atom stereocenters. The average molecular weight is 402 g/mol. The summed E-state index contributed by atoms with van der Waals surface area (Å²) in [6, 6.07) is 10.4. The van der Waals surface area contributed by atoms with Crippen molar-refractivity contribution in [1.82, 2.24) is 15.5 Å². The molecular weight excluding hydrogens is 369 g/mol. The monoisotopic (exact) mass is 401 g/mol. The Balaban J connectivity index is 0.00000169. The van der Waals surface area contributed by atoms with Crippen LogP contribution in [0.5, 0.6) is 0 Å². The van der Waals surface area contributed by atoms with Gasteiger partial charge in [-0.3, -0.25) is 4.79 Å². The van der Waals surface area contributed by atoms with E-state index in [1.807, 2.05) is 6.07 Å². The second kappa shape index (κ2) is 11.1. The number of amides is 1. The van der Waals surface area contributed by atoms with E-state index in [2.05, 4.69) is 46.7 Å². The van der Waals surface area contributed by atoms with Crippen LogP contribution in [0, 0.1) is 5.41 Å². The highest BCUT2D eigenvalue weighted by atomic mass is 35.5. The van der Waals surface area contributed by atoms with Crippen LogP contribution >= 0.6 is 24.8 Å². The third-order valence-electron chi connectivity index (χ3n) is 5.63. The van der Waals surface area contributed by atoms with Gasteiger partial charge in [-0.25, -0.2) is 0 Å². The molecule has 2 N–H and O–H groups in total. The van der Waals surface area contributed by atoms with E-state index in [0.29, 0.717) is 11.3 Å². The lowest BCUT2D eigenvalue weighted by atomic mass is 9.77. The van der Waals surface area contributed by atoms with E-state index in [1.54, 1.807) is 0 Å². The van der Waals surface area contributed by atoms with Gasteiger partial charge in [0.1, 0.15) is 0 Å². The number of carbonyl (C=O) groups is 1. The number of hydrogen-bond acceptors (Lipinski definition) is 3. The van der Waals surface area contributed by atoms with E-state index >= 15 is 0 Å². The maximum absolute atomic E-state index is 13.1. The maximum Gasteiger partial charge on any atom is 0.240 e. The molecule has 3 rings (SSSR count). The van der Waals surface area contributed by atoms with Gasteiger partial charge < -0.3 is 15.5 Å². The molecule has 1 spiro atoms. The van der Waals surface area contributed by atoms with Crippen molar-refractivity contribution in [2.75, 3.05) is 26.2 Å². The molecule has 148 valence electrons. The lowest BCUT2D eigenvalue weighted by Crippen LogP contribution is -2.43. The minimum absolute atomic E-state index is 0. The number of benzene rings is 1. The van der Waals surface area contributed by atoms with Crippen molar-refractivity contribution >= 4 is 30.7 Å². The normalized spacial score (nSPS) is 20.9. The summed E-state index contributed by atoms with van der Waals surface area (Å²) in [5.74, 6) is 0.294. The molecule has 6 heteroatoms. The van der Waals surface area contributed by atoms with Crippen molar-refractivity contribution in [3.05, 3.63) is 35.9 Å². The summed E-state index contributed by atoms with van der Waals surface area (Å²) in [5, 5.41) is 6.98. The predicted molar refractivity (Wildman–Crippen MR) is 112 cm³/mol. The van der Waals surface area contributed by atoms with Crippen LogP contribution in [0.25, 0.3) is 0 Å². The molecule has 2 saturated heterocycles. The maximum atomic E-state index is 13.1. The number of carbonyl (C=O) groups excluding carboxylic acids is 1. The second-order valence-corrected chi connectivity index (χ2v) is 7.49. The smallest absolute Gasteiger partial charge is 0.240 e. The van der Waals surface area contributed by atoms with Crippen molar-refractivity contribution in [3.63, 3.8) is 0 Å². The van der Waals surface area contributed by atoms with Crippen LogP contribution < -0.4 is 10.6 Å². The summed E-state index contributed by atoms with van der Waals surface area (Å²) >= 11 is 0. The number of nitrogens with zero attached hydrogens (tertiary/aromatic N) is 1. The molecule has 2 aliphatic heterocycles. The van der Waals surface area contributed by atoms with Crippen LogP contribution in [0.15, 0.2) is 30.3 Å². The Bertz CT molecular complexity index is 535. The van der Waals surface area contributed by atoms with Crippen molar-refractivity contribution in [1.29, 1.82) is 0 Å². The van der Waals surface area contributed by atoms with Gasteiger partial charge in [-0.15, -0.1) is 24.8 Å². The van der Waals surface area contributed by atoms with E-state index in [1.165, 1.54) is 18.4 Å². The van der Waals surface area contributed by atoms with Gasteiger partial charge in [-0.1, -0.05) is 43.7 Å². The SMILES string of the molecule is CCCCN(Cc1ccccc1)C(=O)C1CC2(CCNCC2)CN1.Cl.Cl. The molecule has 2 fully saturated rings. The minimum Gasteiger partial charge on any atom is -0.337 e. The highest BCUT2D eigenvalue weighted by molar-refractivity contribution is 5.85. The van der Waals surface area contributed by atoms with E-state index in [9.17, 15) is 4.79 Å². The van der Waals surface area contributed by atoms with Gasteiger partial charge in [0, 0.05) is 19.6 Å². The fourth-order valence-corrected chi connectivity index (χ4v) is 4.07. The Labute approximate surface area is 170 Å². The Morgan fingerprint density at radius 1 is 1.19 bits per heavy atom. The van der Waals surface area contributed by atoms with Crippen molar-refractivity contribution in [3.8, 4) is 0 Å². The fraction of sp³-hybridized carbons (Fsp3) is 0.650. The summed E-state index contributed by atoms with van der Waals surface area (Å²) in [6.07, 6.45) is 5.58. The summed E-state index contributed by atoms with van der Waals surface area (Å²) in [4.78, 5) is 15.2. The van der Waals surface area contributed by atoms with Crippen LogP contribution in [0.1, 0.15) is 44.6 Å². The van der Waals surface area contributed by atoms with Crippen LogP contribution in [-0.2, 0) is 11.3 Å². The van der Waals surface area contributed by atoms with Gasteiger partial charge in [0.25, 0.3) is 0 Å². The first-order chi connectivity index (χ1) is 11.7. The number of hydrogen-bond donors (Lipinski definition) is 2. The highest BCUT2D eigenvalue weighted by Gasteiger charge is 2.43. The molecule has 4 nitrogen and oxygen atoms in total. The van der Waals surface area contributed by atoms with Crippen LogP contribution in [0.2, 0.25) is 0 Å². The lowest BCUT2D eigenvalue weighted by Gasteiger charge is -2.33. The van der Waals surface area contributed by atoms with Gasteiger partial charge in [0.15, 0.2) is 0 Å². The molecular formula is C20H33Cl2N3O. The van der Waals surface area contributed by atoms with Gasteiger partial charge in [-0.2, -0.15) is 0 Å². The molecule has 0 bridgehead atoms. The summed E-state index contributed by atoms with van der Waals surface area (Å²) in [5.41, 5.74) is 1.56. The molecule has 1 amide bonds. The van der Waals surface area contributed by atoms with Crippen molar-refractivity contribution in [2.45, 2.75) is 51.6 Å². The summed E-state index contributed by atoms with van der Waals surface area (Å²) in [6.45, 7) is 6.95. The van der Waals surface area contributed by atoms with Crippen LogP contribution in [0.3, 0.4) is 0 Å². The van der Waals surface area contributed by atoms with E-state index in [0.717, 1.165) is 52.0 Å². The standard InChI is InChI=1S/C20H31N3O.2ClH/c1-2-3-13-23(15-17-7-5-4-6-8-17)19(24)18-14-20(16-22-18)9-11-21-12-10-20;;/h4-8,18,21-22H,2-3,9-16H2,1H3;2*1H. The molecule has 0 saturated carbocycles. The molecule has 26 heavy (non-hydrogen) atoms. The molecule has 2 heterocycles. The number of piperidine rings is 1. The first kappa shape index (κ1) is 23.2. The first-order valence-electron chi connectivity index (χ1n) is 9.49. The molecule has 1 aromatic carbocycles. The highest BCUT2D eigenvalue weighted by Crippen LogP contribution is 2.37. The number of halogens is 2. The van der Waals surface area contributed by atoms with Crippen molar-refractivity contribution < 1.29 is 4.79 Å². The third-order valence-corrected chi connectivity index (χ3v) is 5.63. The quantitative estimate of drug-likeness (QED) is 0.767. The zero-order valence-electron chi connectivity index (χ0n) is 15.7.